The second kappa shape index (κ2) is 14.4. The van der Waals surface area contributed by atoms with Crippen LogP contribution >= 0.6 is 0 Å². The molecule has 7 nitrogen and oxygen atoms in total. The smallest absolute Gasteiger partial charge is 0.337 e. The number of benzene rings is 1. The molecule has 1 aliphatic rings. The highest BCUT2D eigenvalue weighted by molar-refractivity contribution is 5.95. The third-order valence-electron chi connectivity index (χ3n) is 5.67. The maximum Gasteiger partial charge on any atom is 0.337 e. The van der Waals surface area contributed by atoms with Crippen LogP contribution in [0.5, 0.6) is 11.5 Å². The molecule has 0 saturated carbocycles. The molecule has 2 rings (SSSR count). The van der Waals surface area contributed by atoms with Crippen molar-refractivity contribution in [3.63, 3.8) is 0 Å². The van der Waals surface area contributed by atoms with E-state index >= 15 is 0 Å². The lowest BCUT2D eigenvalue weighted by Crippen LogP contribution is -2.45. The van der Waals surface area contributed by atoms with Crippen molar-refractivity contribution in [2.45, 2.75) is 84.6 Å². The van der Waals surface area contributed by atoms with E-state index in [2.05, 4.69) is 17.6 Å². The van der Waals surface area contributed by atoms with Gasteiger partial charge in [0, 0.05) is 5.70 Å². The van der Waals surface area contributed by atoms with Crippen molar-refractivity contribution in [1.82, 2.24) is 10.6 Å². The average Bonchev–Trinajstić information content (AvgIpc) is 2.81. The van der Waals surface area contributed by atoms with E-state index in [-0.39, 0.29) is 6.03 Å². The highest BCUT2D eigenvalue weighted by Crippen LogP contribution is 2.35. The summed E-state index contributed by atoms with van der Waals surface area (Å²) in [4.78, 5) is 24.9. The zero-order valence-electron chi connectivity index (χ0n) is 20.6. The largest absolute Gasteiger partial charge is 0.490 e. The minimum atomic E-state index is -0.621. The SMILES string of the molecule is CCCCCCCCCOc1ccc(C2NC(=O)NC(CCC)=C2C(=O)OC)cc1OCC. The van der Waals surface area contributed by atoms with Gasteiger partial charge in [-0.3, -0.25) is 0 Å². The molecule has 7 heteroatoms. The van der Waals surface area contributed by atoms with Crippen molar-refractivity contribution in [3.05, 3.63) is 35.0 Å². The predicted octanol–water partition coefficient (Wildman–Crippen LogP) is 5.80. The van der Waals surface area contributed by atoms with E-state index in [1.54, 1.807) is 0 Å². The molecule has 1 aromatic carbocycles. The number of hydrogen-bond acceptors (Lipinski definition) is 5. The molecule has 0 bridgehead atoms. The second-order valence-corrected chi connectivity index (χ2v) is 8.27. The van der Waals surface area contributed by atoms with Crippen LogP contribution in [0.4, 0.5) is 4.79 Å². The quantitative estimate of drug-likeness (QED) is 0.255. The number of carbonyl (C=O) groups excluding carboxylic acids is 2. The maximum absolute atomic E-state index is 12.6. The Hall–Kier alpha value is -2.70. The lowest BCUT2D eigenvalue weighted by molar-refractivity contribution is -0.136. The molecule has 184 valence electrons. The summed E-state index contributed by atoms with van der Waals surface area (Å²) < 4.78 is 16.9. The summed E-state index contributed by atoms with van der Waals surface area (Å²) in [7, 11) is 1.35. The van der Waals surface area contributed by atoms with Gasteiger partial charge in [0.05, 0.1) is 31.9 Å². The van der Waals surface area contributed by atoms with Crippen LogP contribution < -0.4 is 20.1 Å². The number of rotatable bonds is 15. The number of allylic oxidation sites excluding steroid dienone is 1. The van der Waals surface area contributed by atoms with E-state index in [1.165, 1.54) is 39.2 Å². The van der Waals surface area contributed by atoms with E-state index in [0.717, 1.165) is 24.8 Å². The molecule has 0 spiro atoms. The molecule has 1 heterocycles. The van der Waals surface area contributed by atoms with E-state index < -0.39 is 12.0 Å². The van der Waals surface area contributed by atoms with Crippen molar-refractivity contribution in [3.8, 4) is 11.5 Å². The third kappa shape index (κ3) is 7.98. The fourth-order valence-electron chi connectivity index (χ4n) is 4.00. The molecule has 2 N–H and O–H groups in total. The van der Waals surface area contributed by atoms with Gasteiger partial charge in [0.15, 0.2) is 11.5 Å². The van der Waals surface area contributed by atoms with E-state index in [4.69, 9.17) is 14.2 Å². The van der Waals surface area contributed by atoms with Crippen molar-refractivity contribution < 1.29 is 23.8 Å². The number of carbonyl (C=O) groups is 2. The Bertz CT molecular complexity index is 806. The number of unbranched alkanes of at least 4 members (excludes halogenated alkanes) is 6. The number of amides is 2. The Labute approximate surface area is 198 Å². The molecule has 1 unspecified atom stereocenters. The number of methoxy groups -OCH3 is 1. The monoisotopic (exact) mass is 460 g/mol. The zero-order chi connectivity index (χ0) is 24.1. The van der Waals surface area contributed by atoms with Gasteiger partial charge in [0.1, 0.15) is 0 Å². The highest BCUT2D eigenvalue weighted by atomic mass is 16.5. The van der Waals surface area contributed by atoms with Gasteiger partial charge in [-0.15, -0.1) is 0 Å². The van der Waals surface area contributed by atoms with Gasteiger partial charge in [-0.2, -0.15) is 0 Å². The fourth-order valence-corrected chi connectivity index (χ4v) is 4.00. The Morgan fingerprint density at radius 2 is 1.67 bits per heavy atom. The highest BCUT2D eigenvalue weighted by Gasteiger charge is 2.33. The second-order valence-electron chi connectivity index (χ2n) is 8.27. The molecular formula is C26H40N2O5. The van der Waals surface area contributed by atoms with Crippen LogP contribution in [0.25, 0.3) is 0 Å². The average molecular weight is 461 g/mol. The molecule has 0 saturated heterocycles. The number of ether oxygens (including phenoxy) is 3. The third-order valence-corrected chi connectivity index (χ3v) is 5.67. The Morgan fingerprint density at radius 1 is 0.939 bits per heavy atom. The lowest BCUT2D eigenvalue weighted by atomic mass is 9.93. The molecule has 2 amide bonds. The molecule has 0 radical (unpaired) electrons. The first-order chi connectivity index (χ1) is 16.0. The van der Waals surface area contributed by atoms with Crippen LogP contribution in [-0.4, -0.2) is 32.3 Å². The Kier molecular flexibility index (Phi) is 11.6. The number of esters is 1. The Morgan fingerprint density at radius 3 is 2.33 bits per heavy atom. The first kappa shape index (κ1) is 26.6. The van der Waals surface area contributed by atoms with Crippen LogP contribution in [0.2, 0.25) is 0 Å². The minimum absolute atomic E-state index is 0.340. The summed E-state index contributed by atoms with van der Waals surface area (Å²) in [6.07, 6.45) is 9.92. The van der Waals surface area contributed by atoms with Crippen molar-refractivity contribution in [1.29, 1.82) is 0 Å². The van der Waals surface area contributed by atoms with Crippen LogP contribution in [0, 0.1) is 0 Å². The van der Waals surface area contributed by atoms with Crippen LogP contribution in [-0.2, 0) is 9.53 Å². The van der Waals surface area contributed by atoms with E-state index in [0.29, 0.717) is 42.4 Å². The zero-order valence-corrected chi connectivity index (χ0v) is 20.6. The van der Waals surface area contributed by atoms with Crippen molar-refractivity contribution >= 4 is 12.0 Å². The van der Waals surface area contributed by atoms with Crippen molar-refractivity contribution in [2.24, 2.45) is 0 Å². The van der Waals surface area contributed by atoms with Crippen LogP contribution in [0.1, 0.15) is 90.2 Å². The molecular weight excluding hydrogens is 420 g/mol. The number of hydrogen-bond donors (Lipinski definition) is 2. The normalized spacial score (nSPS) is 15.6. The minimum Gasteiger partial charge on any atom is -0.490 e. The van der Waals surface area contributed by atoms with Crippen LogP contribution in [0.3, 0.4) is 0 Å². The molecule has 33 heavy (non-hydrogen) atoms. The van der Waals surface area contributed by atoms with Gasteiger partial charge in [0.2, 0.25) is 0 Å². The van der Waals surface area contributed by atoms with E-state index in [9.17, 15) is 9.59 Å². The lowest BCUT2D eigenvalue weighted by Gasteiger charge is -2.29. The van der Waals surface area contributed by atoms with E-state index in [1.807, 2.05) is 32.0 Å². The molecule has 1 aliphatic heterocycles. The maximum atomic E-state index is 12.6. The first-order valence-corrected chi connectivity index (χ1v) is 12.3. The predicted molar refractivity (Wildman–Crippen MR) is 129 cm³/mol. The molecule has 1 atom stereocenters. The number of nitrogens with one attached hydrogen (secondary N) is 2. The van der Waals surface area contributed by atoms with Crippen molar-refractivity contribution in [2.75, 3.05) is 20.3 Å². The topological polar surface area (TPSA) is 85.9 Å². The van der Waals surface area contributed by atoms with Gasteiger partial charge in [-0.1, -0.05) is 64.9 Å². The first-order valence-electron chi connectivity index (χ1n) is 12.3. The van der Waals surface area contributed by atoms with Crippen LogP contribution in [0.15, 0.2) is 29.5 Å². The molecule has 1 aromatic rings. The van der Waals surface area contributed by atoms with Gasteiger partial charge in [-0.25, -0.2) is 9.59 Å². The molecule has 0 aromatic heterocycles. The summed E-state index contributed by atoms with van der Waals surface area (Å²) >= 11 is 0. The Balaban J connectivity index is 2.14. The molecule has 0 aliphatic carbocycles. The summed E-state index contributed by atoms with van der Waals surface area (Å²) in [6, 6.07) is 4.60. The van der Waals surface area contributed by atoms with Gasteiger partial charge in [-0.05, 0) is 37.5 Å². The fraction of sp³-hybridized carbons (Fsp3) is 0.615. The standard InChI is InChI=1S/C26H40N2O5/c1-5-8-9-10-11-12-13-17-33-21-16-15-19(18-22(21)32-7-3)24-23(25(29)31-4)20(14-6-2)27-26(30)28-24/h15-16,18,24H,5-14,17H2,1-4H3,(H2,27,28,30). The number of urea groups is 1. The van der Waals surface area contributed by atoms with Gasteiger partial charge in [0.25, 0.3) is 0 Å². The summed E-state index contributed by atoms with van der Waals surface area (Å²) in [5.41, 5.74) is 1.75. The summed E-state index contributed by atoms with van der Waals surface area (Å²) in [6.45, 7) is 7.25. The summed E-state index contributed by atoms with van der Waals surface area (Å²) in [5.74, 6) is 0.810. The van der Waals surface area contributed by atoms with Gasteiger partial charge >= 0.3 is 12.0 Å². The van der Waals surface area contributed by atoms with Gasteiger partial charge < -0.3 is 24.8 Å². The molecule has 0 fully saturated rings. The summed E-state index contributed by atoms with van der Waals surface area (Å²) in [5, 5.41) is 5.61.